The number of hydrogen-bond acceptors (Lipinski definition) is 3. The van der Waals surface area contributed by atoms with Crippen LogP contribution in [0, 0.1) is 5.92 Å². The Morgan fingerprint density at radius 1 is 1.21 bits per heavy atom. The topological polar surface area (TPSA) is 59.2 Å². The maximum Gasteiger partial charge on any atom is 0.317 e. The number of ether oxygens (including phenoxy) is 1. The second kappa shape index (κ2) is 4.39. The van der Waals surface area contributed by atoms with Crippen molar-refractivity contribution >= 4 is 11.8 Å². The van der Waals surface area contributed by atoms with Crippen molar-refractivity contribution in [2.45, 2.75) is 5.92 Å². The van der Waals surface area contributed by atoms with Crippen molar-refractivity contribution in [3.8, 4) is 0 Å². The normalized spacial score (nSPS) is 21.2. The van der Waals surface area contributed by atoms with Gasteiger partial charge in [0.15, 0.2) is 5.78 Å². The Labute approximate surface area is 110 Å². The summed E-state index contributed by atoms with van der Waals surface area (Å²) in [4.78, 5) is 27.1. The summed E-state index contributed by atoms with van der Waals surface area (Å²) in [6.07, 6.45) is 1.73. The van der Waals surface area contributed by atoms with Crippen LogP contribution in [0.2, 0.25) is 0 Å². The summed E-state index contributed by atoms with van der Waals surface area (Å²) in [5.41, 5.74) is 2.33. The first-order valence-corrected chi connectivity index (χ1v) is 6.08. The number of nitrogens with one attached hydrogen (secondary N) is 1. The number of ketones is 1. The zero-order valence-corrected chi connectivity index (χ0v) is 10.4. The molecular weight excluding hydrogens is 242 g/mol. The smallest absolute Gasteiger partial charge is 0.317 e. The number of hydrogen-bond donors (Lipinski definition) is 1. The molecule has 3 rings (SSSR count). The second-order valence-corrected chi connectivity index (χ2v) is 4.56. The maximum atomic E-state index is 12.3. The Kier molecular flexibility index (Phi) is 2.71. The van der Waals surface area contributed by atoms with Crippen LogP contribution in [-0.4, -0.2) is 23.8 Å². The molecule has 0 saturated carbocycles. The van der Waals surface area contributed by atoms with E-state index in [-0.39, 0.29) is 11.7 Å². The Hall–Kier alpha value is -2.36. The van der Waals surface area contributed by atoms with Crippen molar-refractivity contribution in [3.63, 3.8) is 0 Å². The minimum atomic E-state index is -0.783. The fraction of sp³-hybridized carbons (Fsp3) is 0.200. The number of aromatic nitrogens is 1. The number of H-pyrrole nitrogens is 1. The van der Waals surface area contributed by atoms with Gasteiger partial charge in [0.25, 0.3) is 0 Å². The summed E-state index contributed by atoms with van der Waals surface area (Å²) in [5, 5.41) is 0. The number of rotatable bonds is 2. The lowest BCUT2D eigenvalue weighted by molar-refractivity contribution is -0.143. The van der Waals surface area contributed by atoms with Gasteiger partial charge >= 0.3 is 5.97 Å². The van der Waals surface area contributed by atoms with Crippen molar-refractivity contribution in [2.75, 3.05) is 7.11 Å². The van der Waals surface area contributed by atoms with E-state index in [1.165, 1.54) is 7.11 Å². The Balaban J connectivity index is 2.13. The van der Waals surface area contributed by atoms with Crippen LogP contribution < -0.4 is 0 Å². The number of carbonyl (C=O) groups excluding carboxylic acids is 2. The molecule has 0 amide bonds. The highest BCUT2D eigenvalue weighted by molar-refractivity contribution is 6.12. The summed E-state index contributed by atoms with van der Waals surface area (Å²) in [5.74, 6) is -1.72. The number of esters is 1. The molecule has 2 atom stereocenters. The van der Waals surface area contributed by atoms with Gasteiger partial charge in [-0.25, -0.2) is 0 Å². The Bertz CT molecular complexity index is 630. The predicted molar refractivity (Wildman–Crippen MR) is 68.9 cm³/mol. The molecule has 1 aliphatic carbocycles. The molecular formula is C15H13NO3. The highest BCUT2D eigenvalue weighted by Crippen LogP contribution is 2.42. The van der Waals surface area contributed by atoms with Crippen LogP contribution in [0.25, 0.3) is 0 Å². The minimum absolute atomic E-state index is 0.194. The molecule has 1 heterocycles. The predicted octanol–water partition coefficient (Wildman–Crippen LogP) is 2.13. The standard InChI is InChI=1S/C15H13NO3/c1-19-15(18)12-11(9-5-3-2-4-6-9)10-7-8-16-13(10)14(12)17/h2-8,11-12,16H,1H3/t11-,12+/m1/s1. The zero-order valence-electron chi connectivity index (χ0n) is 10.4. The van der Waals surface area contributed by atoms with Crippen LogP contribution in [0.3, 0.4) is 0 Å². The summed E-state index contributed by atoms with van der Waals surface area (Å²) in [6.45, 7) is 0. The third-order valence-electron chi connectivity index (χ3n) is 3.59. The van der Waals surface area contributed by atoms with Gasteiger partial charge in [-0.15, -0.1) is 0 Å². The number of carbonyl (C=O) groups is 2. The molecule has 0 bridgehead atoms. The second-order valence-electron chi connectivity index (χ2n) is 4.56. The van der Waals surface area contributed by atoms with Gasteiger partial charge in [0, 0.05) is 12.1 Å². The van der Waals surface area contributed by atoms with Crippen LogP contribution in [0.15, 0.2) is 42.6 Å². The minimum Gasteiger partial charge on any atom is -0.468 e. The first-order valence-electron chi connectivity index (χ1n) is 6.08. The number of benzene rings is 1. The van der Waals surface area contributed by atoms with Crippen LogP contribution in [0.4, 0.5) is 0 Å². The van der Waals surface area contributed by atoms with Crippen LogP contribution in [-0.2, 0) is 9.53 Å². The average Bonchev–Trinajstić information content (AvgIpc) is 3.01. The van der Waals surface area contributed by atoms with Gasteiger partial charge in [-0.3, -0.25) is 9.59 Å². The molecule has 0 spiro atoms. The largest absolute Gasteiger partial charge is 0.468 e. The monoisotopic (exact) mass is 255 g/mol. The molecule has 4 nitrogen and oxygen atoms in total. The van der Waals surface area contributed by atoms with Gasteiger partial charge in [-0.1, -0.05) is 30.3 Å². The van der Waals surface area contributed by atoms with Gasteiger partial charge in [0.05, 0.1) is 12.8 Å². The summed E-state index contributed by atoms with van der Waals surface area (Å²) < 4.78 is 4.78. The summed E-state index contributed by atoms with van der Waals surface area (Å²) in [7, 11) is 1.31. The number of methoxy groups -OCH3 is 1. The molecule has 19 heavy (non-hydrogen) atoms. The third-order valence-corrected chi connectivity index (χ3v) is 3.59. The van der Waals surface area contributed by atoms with E-state index in [4.69, 9.17) is 4.74 Å². The van der Waals surface area contributed by atoms with E-state index in [1.807, 2.05) is 36.4 Å². The van der Waals surface area contributed by atoms with Gasteiger partial charge < -0.3 is 9.72 Å². The molecule has 1 aromatic carbocycles. The van der Waals surface area contributed by atoms with Crippen molar-refractivity contribution in [1.29, 1.82) is 0 Å². The Morgan fingerprint density at radius 3 is 2.63 bits per heavy atom. The number of aromatic amines is 1. The van der Waals surface area contributed by atoms with Crippen LogP contribution in [0.1, 0.15) is 27.5 Å². The van der Waals surface area contributed by atoms with Crippen molar-refractivity contribution in [1.82, 2.24) is 4.98 Å². The first-order chi connectivity index (χ1) is 9.24. The van der Waals surface area contributed by atoms with E-state index in [9.17, 15) is 9.59 Å². The molecule has 4 heteroatoms. The molecule has 0 aliphatic heterocycles. The van der Waals surface area contributed by atoms with E-state index in [0.29, 0.717) is 5.69 Å². The molecule has 0 saturated heterocycles. The first kappa shape index (κ1) is 11.7. The SMILES string of the molecule is COC(=O)[C@@H]1C(=O)c2[nH]ccc2[C@H]1c1ccccc1. The lowest BCUT2D eigenvalue weighted by Gasteiger charge is -2.17. The van der Waals surface area contributed by atoms with Crippen molar-refractivity contribution < 1.29 is 14.3 Å². The molecule has 1 N–H and O–H groups in total. The van der Waals surface area contributed by atoms with E-state index in [1.54, 1.807) is 6.20 Å². The quantitative estimate of drug-likeness (QED) is 0.660. The fourth-order valence-electron chi connectivity index (χ4n) is 2.74. The fourth-order valence-corrected chi connectivity index (χ4v) is 2.74. The zero-order chi connectivity index (χ0) is 13.4. The lowest BCUT2D eigenvalue weighted by atomic mass is 9.86. The summed E-state index contributed by atoms with van der Waals surface area (Å²) >= 11 is 0. The summed E-state index contributed by atoms with van der Waals surface area (Å²) in [6, 6.07) is 11.4. The molecule has 0 radical (unpaired) electrons. The molecule has 1 aliphatic rings. The van der Waals surface area contributed by atoms with E-state index >= 15 is 0 Å². The van der Waals surface area contributed by atoms with E-state index in [0.717, 1.165) is 11.1 Å². The maximum absolute atomic E-state index is 12.3. The van der Waals surface area contributed by atoms with Crippen molar-refractivity contribution in [2.24, 2.45) is 5.92 Å². The molecule has 96 valence electrons. The highest BCUT2D eigenvalue weighted by atomic mass is 16.5. The van der Waals surface area contributed by atoms with Gasteiger partial charge in [-0.2, -0.15) is 0 Å². The molecule has 0 fully saturated rings. The van der Waals surface area contributed by atoms with E-state index in [2.05, 4.69) is 4.98 Å². The Morgan fingerprint density at radius 2 is 1.95 bits per heavy atom. The van der Waals surface area contributed by atoms with E-state index < -0.39 is 11.9 Å². The van der Waals surface area contributed by atoms with Crippen LogP contribution >= 0.6 is 0 Å². The van der Waals surface area contributed by atoms with Gasteiger partial charge in [0.2, 0.25) is 0 Å². The third kappa shape index (κ3) is 1.68. The average molecular weight is 255 g/mol. The lowest BCUT2D eigenvalue weighted by Crippen LogP contribution is -2.26. The molecule has 1 aromatic heterocycles. The molecule has 2 aromatic rings. The van der Waals surface area contributed by atoms with Gasteiger partial charge in [-0.05, 0) is 17.2 Å². The van der Waals surface area contributed by atoms with Crippen molar-refractivity contribution in [3.05, 3.63) is 59.4 Å². The van der Waals surface area contributed by atoms with Crippen LogP contribution in [0.5, 0.6) is 0 Å². The number of fused-ring (bicyclic) bond motifs is 1. The number of Topliss-reactive ketones (excluding diaryl/α,β-unsaturated/α-hetero) is 1. The molecule has 0 unspecified atom stereocenters. The van der Waals surface area contributed by atoms with Gasteiger partial charge in [0.1, 0.15) is 5.92 Å². The highest BCUT2D eigenvalue weighted by Gasteiger charge is 2.46.